The van der Waals surface area contributed by atoms with E-state index in [1.54, 1.807) is 11.7 Å². The molecule has 25 heavy (non-hydrogen) atoms. The molecule has 1 atom stereocenters. The molecule has 1 amide bonds. The summed E-state index contributed by atoms with van der Waals surface area (Å²) in [6.45, 7) is 9.03. The highest BCUT2D eigenvalue weighted by Gasteiger charge is 2.27. The summed E-state index contributed by atoms with van der Waals surface area (Å²) in [4.78, 5) is 19.0. The first-order valence-electron chi connectivity index (χ1n) is 8.72. The quantitative estimate of drug-likeness (QED) is 0.901. The summed E-state index contributed by atoms with van der Waals surface area (Å²) in [6, 6.07) is 3.76. The van der Waals surface area contributed by atoms with Crippen LogP contribution in [-0.2, 0) is 0 Å². The first-order chi connectivity index (χ1) is 11.9. The summed E-state index contributed by atoms with van der Waals surface area (Å²) in [5, 5.41) is 10.7. The molecule has 0 radical (unpaired) electrons. The van der Waals surface area contributed by atoms with E-state index < -0.39 is 0 Å². The summed E-state index contributed by atoms with van der Waals surface area (Å²) in [5.41, 5.74) is 2.47. The molecule has 1 N–H and O–H groups in total. The van der Waals surface area contributed by atoms with E-state index in [4.69, 9.17) is 0 Å². The topological polar surface area (TPSA) is 71.0 Å². The zero-order valence-corrected chi connectivity index (χ0v) is 15.8. The molecule has 0 spiro atoms. The fourth-order valence-corrected chi connectivity index (χ4v) is 3.74. The van der Waals surface area contributed by atoms with Gasteiger partial charge in [-0.2, -0.15) is 0 Å². The number of hydrogen-bond acceptors (Lipinski definition) is 6. The van der Waals surface area contributed by atoms with Crippen molar-refractivity contribution in [3.63, 3.8) is 0 Å². The molecule has 134 valence electrons. The minimum Gasteiger partial charge on any atom is -0.357 e. The van der Waals surface area contributed by atoms with Crippen molar-refractivity contribution < 1.29 is 4.79 Å². The van der Waals surface area contributed by atoms with Crippen LogP contribution < -0.4 is 10.2 Å². The van der Waals surface area contributed by atoms with E-state index in [0.717, 1.165) is 24.8 Å². The number of carbonyl (C=O) groups is 1. The van der Waals surface area contributed by atoms with E-state index in [1.807, 2.05) is 12.1 Å². The molecular formula is C18H25N5OS. The lowest BCUT2D eigenvalue weighted by molar-refractivity contribution is 0.102. The zero-order valence-electron chi connectivity index (χ0n) is 15.0. The van der Waals surface area contributed by atoms with Crippen molar-refractivity contribution in [3.8, 4) is 0 Å². The first-order valence-corrected chi connectivity index (χ1v) is 9.60. The van der Waals surface area contributed by atoms with Crippen LogP contribution >= 0.6 is 11.3 Å². The number of anilines is 2. The third kappa shape index (κ3) is 4.54. The molecule has 0 saturated carbocycles. The lowest BCUT2D eigenvalue weighted by atomic mass is 9.77. The van der Waals surface area contributed by atoms with Gasteiger partial charge in [0.2, 0.25) is 5.13 Å². The smallest absolute Gasteiger partial charge is 0.259 e. The highest BCUT2D eigenvalue weighted by molar-refractivity contribution is 7.13. The van der Waals surface area contributed by atoms with E-state index in [1.165, 1.54) is 30.6 Å². The molecular weight excluding hydrogens is 334 g/mol. The molecule has 6 nitrogen and oxygen atoms in total. The van der Waals surface area contributed by atoms with Gasteiger partial charge in [0.05, 0.1) is 5.56 Å². The Bertz CT molecular complexity index is 693. The maximum atomic E-state index is 12.2. The molecule has 0 aromatic carbocycles. The maximum Gasteiger partial charge on any atom is 0.259 e. The van der Waals surface area contributed by atoms with Gasteiger partial charge in [-0.15, -0.1) is 10.2 Å². The summed E-state index contributed by atoms with van der Waals surface area (Å²) < 4.78 is 0. The van der Waals surface area contributed by atoms with E-state index in [-0.39, 0.29) is 5.91 Å². The van der Waals surface area contributed by atoms with Crippen LogP contribution in [0.2, 0.25) is 0 Å². The van der Waals surface area contributed by atoms with Crippen LogP contribution in [0.4, 0.5) is 10.9 Å². The number of amides is 1. The lowest BCUT2D eigenvalue weighted by Gasteiger charge is -2.29. The van der Waals surface area contributed by atoms with Gasteiger partial charge in [0.25, 0.3) is 5.91 Å². The molecule has 7 heteroatoms. The lowest BCUT2D eigenvalue weighted by Crippen LogP contribution is -2.27. The normalized spacial score (nSPS) is 18.7. The molecule has 1 aliphatic heterocycles. The minimum atomic E-state index is -0.209. The van der Waals surface area contributed by atoms with Crippen molar-refractivity contribution in [2.45, 2.75) is 40.0 Å². The largest absolute Gasteiger partial charge is 0.357 e. The highest BCUT2D eigenvalue weighted by atomic mass is 32.1. The standard InChI is InChI=1S/C18H25N5OS/c1-18(2,3)14-5-4-9-23(10-8-14)15-7-6-13(11-19-15)16(24)21-17-22-20-12-25-17/h6-7,11-12,14H,4-5,8-10H2,1-3H3,(H,21,22,24). The van der Waals surface area contributed by atoms with Crippen molar-refractivity contribution in [3.05, 3.63) is 29.4 Å². The van der Waals surface area contributed by atoms with Crippen LogP contribution in [0.3, 0.4) is 0 Å². The molecule has 1 unspecified atom stereocenters. The monoisotopic (exact) mass is 359 g/mol. The average molecular weight is 359 g/mol. The van der Waals surface area contributed by atoms with Gasteiger partial charge in [-0.25, -0.2) is 4.98 Å². The highest BCUT2D eigenvalue weighted by Crippen LogP contribution is 2.34. The van der Waals surface area contributed by atoms with Gasteiger partial charge in [0.1, 0.15) is 11.3 Å². The van der Waals surface area contributed by atoms with Crippen molar-refractivity contribution in [1.29, 1.82) is 0 Å². The predicted molar refractivity (Wildman–Crippen MR) is 101 cm³/mol. The Morgan fingerprint density at radius 2 is 2.12 bits per heavy atom. The van der Waals surface area contributed by atoms with E-state index in [9.17, 15) is 4.79 Å². The van der Waals surface area contributed by atoms with Crippen molar-refractivity contribution in [2.75, 3.05) is 23.3 Å². The second kappa shape index (κ2) is 7.47. The number of pyridine rings is 1. The van der Waals surface area contributed by atoms with E-state index in [2.05, 4.69) is 46.2 Å². The van der Waals surface area contributed by atoms with Gasteiger partial charge in [-0.3, -0.25) is 10.1 Å². The molecule has 1 fully saturated rings. The molecule has 0 aliphatic carbocycles. The summed E-state index contributed by atoms with van der Waals surface area (Å²) in [7, 11) is 0. The Balaban J connectivity index is 1.63. The maximum absolute atomic E-state index is 12.2. The van der Waals surface area contributed by atoms with Crippen molar-refractivity contribution in [1.82, 2.24) is 15.2 Å². The minimum absolute atomic E-state index is 0.209. The average Bonchev–Trinajstić information content (AvgIpc) is 2.95. The molecule has 1 saturated heterocycles. The molecule has 2 aromatic heterocycles. The molecule has 2 aromatic rings. The summed E-state index contributed by atoms with van der Waals surface area (Å²) >= 11 is 1.29. The number of nitrogens with one attached hydrogen (secondary N) is 1. The fourth-order valence-electron chi connectivity index (χ4n) is 3.30. The van der Waals surface area contributed by atoms with Crippen LogP contribution in [-0.4, -0.2) is 34.2 Å². The Kier molecular flexibility index (Phi) is 5.32. The van der Waals surface area contributed by atoms with Crippen LogP contribution in [0, 0.1) is 11.3 Å². The molecule has 3 rings (SSSR count). The van der Waals surface area contributed by atoms with Gasteiger partial charge in [-0.05, 0) is 42.7 Å². The summed E-state index contributed by atoms with van der Waals surface area (Å²) in [6.07, 6.45) is 5.27. The van der Waals surface area contributed by atoms with E-state index in [0.29, 0.717) is 16.1 Å². The second-order valence-corrected chi connectivity index (χ2v) is 8.42. The van der Waals surface area contributed by atoms with Gasteiger partial charge in [0, 0.05) is 19.3 Å². The Morgan fingerprint density at radius 1 is 1.28 bits per heavy atom. The van der Waals surface area contributed by atoms with Gasteiger partial charge in [-0.1, -0.05) is 32.1 Å². The van der Waals surface area contributed by atoms with Crippen LogP contribution in [0.1, 0.15) is 50.4 Å². The van der Waals surface area contributed by atoms with Crippen molar-refractivity contribution in [2.24, 2.45) is 11.3 Å². The van der Waals surface area contributed by atoms with Crippen LogP contribution in [0.5, 0.6) is 0 Å². The van der Waals surface area contributed by atoms with Crippen LogP contribution in [0.25, 0.3) is 0 Å². The number of nitrogens with zero attached hydrogens (tertiary/aromatic N) is 4. The Hall–Kier alpha value is -2.02. The molecule has 3 heterocycles. The Morgan fingerprint density at radius 3 is 2.76 bits per heavy atom. The third-order valence-corrected chi connectivity index (χ3v) is 5.47. The van der Waals surface area contributed by atoms with E-state index >= 15 is 0 Å². The van der Waals surface area contributed by atoms with Gasteiger partial charge >= 0.3 is 0 Å². The summed E-state index contributed by atoms with van der Waals surface area (Å²) in [5.74, 6) is 1.48. The zero-order chi connectivity index (χ0) is 17.9. The molecule has 1 aliphatic rings. The SMILES string of the molecule is CC(C)(C)C1CCCN(c2ccc(C(=O)Nc3nncs3)cn2)CC1. The van der Waals surface area contributed by atoms with Crippen LogP contribution in [0.15, 0.2) is 23.8 Å². The van der Waals surface area contributed by atoms with Gasteiger partial charge in [0.15, 0.2) is 0 Å². The number of hydrogen-bond donors (Lipinski definition) is 1. The van der Waals surface area contributed by atoms with Crippen molar-refractivity contribution >= 4 is 28.2 Å². The number of rotatable bonds is 3. The number of carbonyl (C=O) groups excluding carboxylic acids is 1. The third-order valence-electron chi connectivity index (χ3n) is 4.87. The Labute approximate surface area is 152 Å². The predicted octanol–water partition coefficient (Wildman–Crippen LogP) is 3.84. The number of aromatic nitrogens is 3. The van der Waals surface area contributed by atoms with Gasteiger partial charge < -0.3 is 4.90 Å². The molecule has 0 bridgehead atoms. The first kappa shape index (κ1) is 17.8. The second-order valence-electron chi connectivity index (χ2n) is 7.58. The fraction of sp³-hybridized carbons (Fsp3) is 0.556.